The SMILES string of the molecule is Cc1ccc(C(=O)N(C)C2CCN(Cc3ccccc3)CC2C)o1. The molecule has 2 aromatic rings. The summed E-state index contributed by atoms with van der Waals surface area (Å²) in [5, 5.41) is 0. The van der Waals surface area contributed by atoms with E-state index in [0.717, 1.165) is 31.8 Å². The summed E-state index contributed by atoms with van der Waals surface area (Å²) in [6.45, 7) is 7.10. The molecular weight excluding hydrogens is 300 g/mol. The van der Waals surface area contributed by atoms with Gasteiger partial charge < -0.3 is 9.32 Å². The van der Waals surface area contributed by atoms with E-state index in [9.17, 15) is 4.79 Å². The molecular formula is C20H26N2O2. The molecule has 2 unspecified atom stereocenters. The van der Waals surface area contributed by atoms with Gasteiger partial charge in [-0.1, -0.05) is 37.3 Å². The highest BCUT2D eigenvalue weighted by molar-refractivity contribution is 5.91. The third-order valence-corrected chi connectivity index (χ3v) is 4.96. The second kappa shape index (κ2) is 7.22. The van der Waals surface area contributed by atoms with Crippen LogP contribution in [0.3, 0.4) is 0 Å². The maximum Gasteiger partial charge on any atom is 0.289 e. The fourth-order valence-corrected chi connectivity index (χ4v) is 3.65. The van der Waals surface area contributed by atoms with Crippen molar-refractivity contribution < 1.29 is 9.21 Å². The molecule has 2 heterocycles. The minimum Gasteiger partial charge on any atom is -0.456 e. The van der Waals surface area contributed by atoms with E-state index in [2.05, 4.69) is 42.2 Å². The van der Waals surface area contributed by atoms with Gasteiger partial charge in [-0.2, -0.15) is 0 Å². The summed E-state index contributed by atoms with van der Waals surface area (Å²) in [4.78, 5) is 16.9. The molecule has 1 aliphatic heterocycles. The van der Waals surface area contributed by atoms with Crippen molar-refractivity contribution >= 4 is 5.91 Å². The number of amides is 1. The van der Waals surface area contributed by atoms with Gasteiger partial charge in [0.2, 0.25) is 0 Å². The van der Waals surface area contributed by atoms with Crippen molar-refractivity contribution in [2.75, 3.05) is 20.1 Å². The number of carbonyl (C=O) groups is 1. The number of hydrogen-bond acceptors (Lipinski definition) is 3. The Hall–Kier alpha value is -2.07. The van der Waals surface area contributed by atoms with Crippen molar-refractivity contribution in [3.05, 3.63) is 59.5 Å². The summed E-state index contributed by atoms with van der Waals surface area (Å²) in [6.07, 6.45) is 0.996. The number of rotatable bonds is 4. The molecule has 4 nitrogen and oxygen atoms in total. The number of likely N-dealkylation sites (tertiary alicyclic amines) is 1. The lowest BCUT2D eigenvalue weighted by Gasteiger charge is -2.41. The van der Waals surface area contributed by atoms with Crippen LogP contribution in [0.1, 0.15) is 35.2 Å². The van der Waals surface area contributed by atoms with Gasteiger partial charge in [-0.25, -0.2) is 0 Å². The van der Waals surface area contributed by atoms with Crippen LogP contribution in [0.2, 0.25) is 0 Å². The molecule has 1 amide bonds. The molecule has 0 spiro atoms. The van der Waals surface area contributed by atoms with E-state index in [1.807, 2.05) is 24.9 Å². The zero-order valence-corrected chi connectivity index (χ0v) is 14.7. The van der Waals surface area contributed by atoms with Crippen LogP contribution in [0.5, 0.6) is 0 Å². The fraction of sp³-hybridized carbons (Fsp3) is 0.450. The van der Waals surface area contributed by atoms with Gasteiger partial charge >= 0.3 is 0 Å². The van der Waals surface area contributed by atoms with Gasteiger partial charge in [0.05, 0.1) is 0 Å². The summed E-state index contributed by atoms with van der Waals surface area (Å²) in [5.74, 6) is 1.63. The van der Waals surface area contributed by atoms with Crippen LogP contribution in [0.4, 0.5) is 0 Å². The molecule has 0 N–H and O–H groups in total. The number of furan rings is 1. The lowest BCUT2D eigenvalue weighted by Crippen LogP contribution is -2.50. The summed E-state index contributed by atoms with van der Waals surface area (Å²) >= 11 is 0. The molecule has 2 atom stereocenters. The standard InChI is InChI=1S/C20H26N2O2/c1-15-13-22(14-17-7-5-4-6-8-17)12-11-18(15)21(3)20(23)19-10-9-16(2)24-19/h4-10,15,18H,11-14H2,1-3H3. The van der Waals surface area contributed by atoms with Gasteiger partial charge in [-0.05, 0) is 37.0 Å². The van der Waals surface area contributed by atoms with Crippen LogP contribution in [-0.2, 0) is 6.54 Å². The van der Waals surface area contributed by atoms with Gasteiger partial charge in [-0.15, -0.1) is 0 Å². The third kappa shape index (κ3) is 3.70. The van der Waals surface area contributed by atoms with Crippen molar-refractivity contribution in [3.63, 3.8) is 0 Å². The van der Waals surface area contributed by atoms with E-state index in [4.69, 9.17) is 4.42 Å². The number of aryl methyl sites for hydroxylation is 1. The molecule has 3 rings (SSSR count). The molecule has 24 heavy (non-hydrogen) atoms. The van der Waals surface area contributed by atoms with Gasteiger partial charge in [-0.3, -0.25) is 9.69 Å². The number of piperidine rings is 1. The first-order chi connectivity index (χ1) is 11.5. The van der Waals surface area contributed by atoms with Crippen molar-refractivity contribution in [2.45, 2.75) is 32.9 Å². The Balaban J connectivity index is 1.60. The molecule has 0 aliphatic carbocycles. The second-order valence-electron chi connectivity index (χ2n) is 6.88. The highest BCUT2D eigenvalue weighted by atomic mass is 16.3. The smallest absolute Gasteiger partial charge is 0.289 e. The van der Waals surface area contributed by atoms with Crippen LogP contribution in [0.15, 0.2) is 46.9 Å². The Morgan fingerprint density at radius 1 is 1.25 bits per heavy atom. The first-order valence-corrected chi connectivity index (χ1v) is 8.64. The minimum absolute atomic E-state index is 0.0172. The summed E-state index contributed by atoms with van der Waals surface area (Å²) in [5.41, 5.74) is 1.35. The lowest BCUT2D eigenvalue weighted by atomic mass is 9.92. The summed E-state index contributed by atoms with van der Waals surface area (Å²) in [7, 11) is 1.90. The van der Waals surface area contributed by atoms with E-state index < -0.39 is 0 Å². The van der Waals surface area contributed by atoms with E-state index in [0.29, 0.717) is 11.7 Å². The molecule has 0 radical (unpaired) electrons. The molecule has 1 aromatic heterocycles. The predicted octanol–water partition coefficient (Wildman–Crippen LogP) is 3.57. The second-order valence-corrected chi connectivity index (χ2v) is 6.88. The zero-order chi connectivity index (χ0) is 17.1. The molecule has 4 heteroatoms. The van der Waals surface area contributed by atoms with Crippen LogP contribution >= 0.6 is 0 Å². The summed E-state index contributed by atoms with van der Waals surface area (Å²) in [6, 6.07) is 14.4. The molecule has 1 fully saturated rings. The molecule has 0 bridgehead atoms. The average molecular weight is 326 g/mol. The Labute approximate surface area is 144 Å². The van der Waals surface area contributed by atoms with E-state index in [-0.39, 0.29) is 11.9 Å². The van der Waals surface area contributed by atoms with Crippen LogP contribution in [0, 0.1) is 12.8 Å². The Morgan fingerprint density at radius 2 is 2.00 bits per heavy atom. The van der Waals surface area contributed by atoms with Crippen molar-refractivity contribution in [2.24, 2.45) is 5.92 Å². The van der Waals surface area contributed by atoms with E-state index >= 15 is 0 Å². The number of benzene rings is 1. The number of nitrogens with zero attached hydrogens (tertiary/aromatic N) is 2. The van der Waals surface area contributed by atoms with Gasteiger partial charge in [0.1, 0.15) is 5.76 Å². The normalized spacial score (nSPS) is 21.6. The van der Waals surface area contributed by atoms with Crippen molar-refractivity contribution in [1.82, 2.24) is 9.80 Å². The monoisotopic (exact) mass is 326 g/mol. The minimum atomic E-state index is -0.0172. The quantitative estimate of drug-likeness (QED) is 0.862. The molecule has 1 saturated heterocycles. The van der Waals surface area contributed by atoms with E-state index in [1.54, 1.807) is 6.07 Å². The fourth-order valence-electron chi connectivity index (χ4n) is 3.65. The topological polar surface area (TPSA) is 36.7 Å². The number of carbonyl (C=O) groups excluding carboxylic acids is 1. The van der Waals surface area contributed by atoms with Gasteiger partial charge in [0, 0.05) is 32.7 Å². The zero-order valence-electron chi connectivity index (χ0n) is 14.7. The Morgan fingerprint density at radius 3 is 2.62 bits per heavy atom. The first-order valence-electron chi connectivity index (χ1n) is 8.64. The van der Waals surface area contributed by atoms with E-state index in [1.165, 1.54) is 5.56 Å². The largest absolute Gasteiger partial charge is 0.456 e. The molecule has 128 valence electrons. The average Bonchev–Trinajstić information content (AvgIpc) is 3.01. The lowest BCUT2D eigenvalue weighted by molar-refractivity contribution is 0.0471. The van der Waals surface area contributed by atoms with Gasteiger partial charge in [0.25, 0.3) is 5.91 Å². The highest BCUT2D eigenvalue weighted by Gasteiger charge is 2.32. The summed E-state index contributed by atoms with van der Waals surface area (Å²) < 4.78 is 5.49. The van der Waals surface area contributed by atoms with Gasteiger partial charge in [0.15, 0.2) is 5.76 Å². The van der Waals surface area contributed by atoms with Crippen LogP contribution in [-0.4, -0.2) is 41.9 Å². The van der Waals surface area contributed by atoms with Crippen molar-refractivity contribution in [1.29, 1.82) is 0 Å². The molecule has 0 saturated carbocycles. The molecule has 1 aliphatic rings. The van der Waals surface area contributed by atoms with Crippen LogP contribution < -0.4 is 0 Å². The van der Waals surface area contributed by atoms with Crippen molar-refractivity contribution in [3.8, 4) is 0 Å². The Bertz CT molecular complexity index is 680. The number of hydrogen-bond donors (Lipinski definition) is 0. The first kappa shape index (κ1) is 16.8. The van der Waals surface area contributed by atoms with Crippen LogP contribution in [0.25, 0.3) is 0 Å². The predicted molar refractivity (Wildman–Crippen MR) is 94.8 cm³/mol. The third-order valence-electron chi connectivity index (χ3n) is 4.96. The maximum absolute atomic E-state index is 12.6. The maximum atomic E-state index is 12.6. The highest BCUT2D eigenvalue weighted by Crippen LogP contribution is 2.24. The molecule has 1 aromatic carbocycles. The Kier molecular flexibility index (Phi) is 5.05.